The third-order valence-electron chi connectivity index (χ3n) is 6.95. The number of unbranched alkanes of at least 4 members (excludes halogenated alkanes) is 1. The summed E-state index contributed by atoms with van der Waals surface area (Å²) >= 11 is 0. The Hall–Kier alpha value is -3.55. The van der Waals surface area contributed by atoms with Crippen molar-refractivity contribution < 1.29 is 22.8 Å². The van der Waals surface area contributed by atoms with E-state index < -0.39 is 11.7 Å². The minimum Gasteiger partial charge on any atom is -0.345 e. The number of hydrogen-bond acceptors (Lipinski definition) is 2. The monoisotopic (exact) mass is 541 g/mol. The topological polar surface area (TPSA) is 45.6 Å². The highest BCUT2D eigenvalue weighted by molar-refractivity contribution is 5.88. The molecule has 1 heterocycles. The molecule has 0 aliphatic rings. The lowest BCUT2D eigenvalue weighted by molar-refractivity contribution is -0.141. The zero-order valence-corrected chi connectivity index (χ0v) is 23.0. The first kappa shape index (κ1) is 30.0. The first-order valence-corrected chi connectivity index (χ1v) is 13.6. The molecule has 8 heteroatoms. The highest BCUT2D eigenvalue weighted by Gasteiger charge is 2.30. The number of aromatic nitrogens is 1. The molecular formula is C31H38F3N3O2. The molecule has 0 saturated heterocycles. The Balaban J connectivity index is 1.75. The fourth-order valence-electron chi connectivity index (χ4n) is 4.69. The van der Waals surface area contributed by atoms with Crippen molar-refractivity contribution in [2.75, 3.05) is 19.6 Å². The van der Waals surface area contributed by atoms with Gasteiger partial charge in [0, 0.05) is 31.5 Å². The molecule has 3 aromatic rings. The molecule has 0 saturated carbocycles. The van der Waals surface area contributed by atoms with Crippen LogP contribution in [0.5, 0.6) is 0 Å². The van der Waals surface area contributed by atoms with E-state index in [1.54, 1.807) is 15.9 Å². The molecule has 210 valence electrons. The number of nitrogens with zero attached hydrogens (tertiary/aromatic N) is 3. The molecule has 0 aliphatic heterocycles. The third kappa shape index (κ3) is 8.22. The Kier molecular flexibility index (Phi) is 10.8. The molecule has 1 aromatic heterocycles. The van der Waals surface area contributed by atoms with Crippen LogP contribution >= 0.6 is 0 Å². The largest absolute Gasteiger partial charge is 0.416 e. The number of rotatable bonds is 13. The van der Waals surface area contributed by atoms with Crippen LogP contribution in [0.3, 0.4) is 0 Å². The van der Waals surface area contributed by atoms with Gasteiger partial charge in [0.05, 0.1) is 24.6 Å². The Morgan fingerprint density at radius 1 is 0.923 bits per heavy atom. The fourth-order valence-corrected chi connectivity index (χ4v) is 4.69. The van der Waals surface area contributed by atoms with Gasteiger partial charge in [-0.15, -0.1) is 0 Å². The summed E-state index contributed by atoms with van der Waals surface area (Å²) in [5.74, 6) is -0.524. The Labute approximate surface area is 229 Å². The van der Waals surface area contributed by atoms with Gasteiger partial charge in [-0.2, -0.15) is 13.2 Å². The molecular weight excluding hydrogens is 503 g/mol. The highest BCUT2D eigenvalue weighted by atomic mass is 19.4. The SMILES string of the molecule is CCCCN(Cc1cccn1Cc1cccc(C(F)(F)F)c1)C(=O)CN(CC)C(=O)C(CC)c1ccccc1. The average Bonchev–Trinajstić information content (AvgIpc) is 3.36. The maximum Gasteiger partial charge on any atom is 0.416 e. The van der Waals surface area contributed by atoms with E-state index in [1.165, 1.54) is 6.07 Å². The molecule has 0 radical (unpaired) electrons. The summed E-state index contributed by atoms with van der Waals surface area (Å²) in [6.07, 6.45) is -0.250. The minimum absolute atomic E-state index is 0.0171. The summed E-state index contributed by atoms with van der Waals surface area (Å²) in [6.45, 7) is 7.40. The van der Waals surface area contributed by atoms with Gasteiger partial charge in [0.1, 0.15) is 0 Å². The van der Waals surface area contributed by atoms with E-state index in [-0.39, 0.29) is 30.8 Å². The Bertz CT molecular complexity index is 1210. The summed E-state index contributed by atoms with van der Waals surface area (Å²) in [4.78, 5) is 30.3. The van der Waals surface area contributed by atoms with E-state index >= 15 is 0 Å². The molecule has 0 fully saturated rings. The quantitative estimate of drug-likeness (QED) is 0.241. The second-order valence-corrected chi connectivity index (χ2v) is 9.72. The summed E-state index contributed by atoms with van der Waals surface area (Å²) < 4.78 is 41.4. The number of hydrogen-bond donors (Lipinski definition) is 0. The van der Waals surface area contributed by atoms with Gasteiger partial charge in [-0.3, -0.25) is 9.59 Å². The van der Waals surface area contributed by atoms with E-state index in [9.17, 15) is 22.8 Å². The van der Waals surface area contributed by atoms with Gasteiger partial charge in [-0.1, -0.05) is 62.7 Å². The van der Waals surface area contributed by atoms with Crippen LogP contribution < -0.4 is 0 Å². The number of carbonyl (C=O) groups is 2. The van der Waals surface area contributed by atoms with Crippen LogP contribution in [0.4, 0.5) is 13.2 Å². The van der Waals surface area contributed by atoms with Crippen LogP contribution in [0.2, 0.25) is 0 Å². The standard InChI is InChI=1S/C31H38F3N3O2/c1-4-7-18-37(29(38)23-35(6-3)30(39)28(5-2)25-14-9-8-10-15-25)22-27-17-12-19-36(27)21-24-13-11-16-26(20-24)31(32,33)34/h8-17,19-20,28H,4-7,18,21-23H2,1-3H3. The summed E-state index contributed by atoms with van der Waals surface area (Å²) in [5.41, 5.74) is 1.61. The van der Waals surface area contributed by atoms with Crippen molar-refractivity contribution in [1.29, 1.82) is 0 Å². The van der Waals surface area contributed by atoms with E-state index in [0.717, 1.165) is 36.2 Å². The van der Waals surface area contributed by atoms with Crippen LogP contribution in [0.25, 0.3) is 0 Å². The maximum atomic E-state index is 13.5. The highest BCUT2D eigenvalue weighted by Crippen LogP contribution is 2.30. The third-order valence-corrected chi connectivity index (χ3v) is 6.95. The van der Waals surface area contributed by atoms with Crippen LogP contribution in [0.1, 0.15) is 68.3 Å². The zero-order valence-electron chi connectivity index (χ0n) is 23.0. The van der Waals surface area contributed by atoms with Crippen LogP contribution in [0, 0.1) is 0 Å². The van der Waals surface area contributed by atoms with Gasteiger partial charge < -0.3 is 14.4 Å². The zero-order chi connectivity index (χ0) is 28.4. The number of alkyl halides is 3. The summed E-state index contributed by atoms with van der Waals surface area (Å²) in [5, 5.41) is 0. The normalized spacial score (nSPS) is 12.3. The van der Waals surface area contributed by atoms with Gasteiger partial charge in [-0.05, 0) is 55.2 Å². The predicted molar refractivity (Wildman–Crippen MR) is 147 cm³/mol. The van der Waals surface area contributed by atoms with E-state index in [1.807, 2.05) is 74.0 Å². The molecule has 2 amide bonds. The summed E-state index contributed by atoms with van der Waals surface area (Å²) in [6, 6.07) is 18.6. The van der Waals surface area contributed by atoms with Crippen LogP contribution in [-0.2, 0) is 28.9 Å². The van der Waals surface area contributed by atoms with Crippen molar-refractivity contribution in [2.45, 2.75) is 65.2 Å². The van der Waals surface area contributed by atoms with Crippen molar-refractivity contribution in [3.63, 3.8) is 0 Å². The maximum absolute atomic E-state index is 13.5. The van der Waals surface area contributed by atoms with Crippen molar-refractivity contribution >= 4 is 11.8 Å². The minimum atomic E-state index is -4.40. The predicted octanol–water partition coefficient (Wildman–Crippen LogP) is 6.73. The molecule has 2 aromatic carbocycles. The second-order valence-electron chi connectivity index (χ2n) is 9.72. The first-order chi connectivity index (χ1) is 18.7. The number of likely N-dealkylation sites (N-methyl/N-ethyl adjacent to an activating group) is 1. The lowest BCUT2D eigenvalue weighted by atomic mass is 9.95. The molecule has 0 bridgehead atoms. The molecule has 5 nitrogen and oxygen atoms in total. The van der Waals surface area contributed by atoms with Gasteiger partial charge in [0.25, 0.3) is 0 Å². The number of amides is 2. The average molecular weight is 542 g/mol. The number of halogens is 3. The smallest absolute Gasteiger partial charge is 0.345 e. The van der Waals surface area contributed by atoms with E-state index in [2.05, 4.69) is 0 Å². The van der Waals surface area contributed by atoms with Crippen molar-refractivity contribution in [3.8, 4) is 0 Å². The van der Waals surface area contributed by atoms with E-state index in [4.69, 9.17) is 0 Å². The molecule has 1 atom stereocenters. The van der Waals surface area contributed by atoms with Gasteiger partial charge in [0.15, 0.2) is 0 Å². The molecule has 1 unspecified atom stereocenters. The first-order valence-electron chi connectivity index (χ1n) is 13.6. The Morgan fingerprint density at radius 3 is 2.31 bits per heavy atom. The molecule has 0 N–H and O–H groups in total. The molecule has 39 heavy (non-hydrogen) atoms. The summed E-state index contributed by atoms with van der Waals surface area (Å²) in [7, 11) is 0. The van der Waals surface area contributed by atoms with Gasteiger partial charge in [0.2, 0.25) is 11.8 Å². The fraction of sp³-hybridized carbons (Fsp3) is 0.419. The Morgan fingerprint density at radius 2 is 1.67 bits per heavy atom. The number of carbonyl (C=O) groups excluding carboxylic acids is 2. The van der Waals surface area contributed by atoms with Crippen molar-refractivity contribution in [1.82, 2.24) is 14.4 Å². The lowest BCUT2D eigenvalue weighted by Crippen LogP contribution is -2.44. The van der Waals surface area contributed by atoms with Crippen molar-refractivity contribution in [3.05, 3.63) is 95.3 Å². The number of benzene rings is 2. The molecule has 0 aliphatic carbocycles. The molecule has 3 rings (SSSR count). The lowest BCUT2D eigenvalue weighted by Gasteiger charge is -2.29. The van der Waals surface area contributed by atoms with Crippen LogP contribution in [0.15, 0.2) is 72.9 Å². The second kappa shape index (κ2) is 14.0. The van der Waals surface area contributed by atoms with Crippen molar-refractivity contribution in [2.24, 2.45) is 0 Å². The van der Waals surface area contributed by atoms with Gasteiger partial charge >= 0.3 is 6.18 Å². The molecule has 0 spiro atoms. The van der Waals surface area contributed by atoms with Crippen LogP contribution in [-0.4, -0.2) is 45.8 Å². The van der Waals surface area contributed by atoms with Gasteiger partial charge in [-0.25, -0.2) is 0 Å². The van der Waals surface area contributed by atoms with E-state index in [0.29, 0.717) is 31.6 Å².